The second-order valence-electron chi connectivity index (χ2n) is 6.42. The fraction of sp³-hybridized carbons (Fsp3) is 0.474. The van der Waals surface area contributed by atoms with Crippen molar-refractivity contribution in [1.29, 1.82) is 0 Å². The number of nitrogens with zero attached hydrogens (tertiary/aromatic N) is 2. The largest absolute Gasteiger partial charge is 0.487 e. The highest BCUT2D eigenvalue weighted by atomic mass is 32.1. The molecule has 1 amide bonds. The van der Waals surface area contributed by atoms with E-state index in [0.717, 1.165) is 44.1 Å². The fourth-order valence-electron chi connectivity index (χ4n) is 3.14. The highest BCUT2D eigenvalue weighted by Gasteiger charge is 2.23. The van der Waals surface area contributed by atoms with Crippen LogP contribution in [0.5, 0.6) is 5.75 Å². The molecule has 0 spiro atoms. The van der Waals surface area contributed by atoms with Crippen molar-refractivity contribution in [2.75, 3.05) is 26.7 Å². The average Bonchev–Trinajstić information content (AvgIpc) is 3.18. The Balaban J connectivity index is 1.54. The quantitative estimate of drug-likeness (QED) is 0.825. The van der Waals surface area contributed by atoms with E-state index in [1.165, 1.54) is 6.42 Å². The molecule has 134 valence electrons. The third-order valence-electron chi connectivity index (χ3n) is 4.66. The van der Waals surface area contributed by atoms with E-state index in [9.17, 15) is 4.79 Å². The van der Waals surface area contributed by atoms with Crippen molar-refractivity contribution in [2.45, 2.75) is 25.9 Å². The number of piperidine rings is 1. The van der Waals surface area contributed by atoms with Gasteiger partial charge in [0, 0.05) is 24.0 Å². The summed E-state index contributed by atoms with van der Waals surface area (Å²) in [5, 5.41) is 5.17. The summed E-state index contributed by atoms with van der Waals surface area (Å²) < 4.78 is 5.76. The molecule has 0 atom stereocenters. The fourth-order valence-corrected chi connectivity index (χ4v) is 3.68. The molecule has 1 aliphatic heterocycles. The van der Waals surface area contributed by atoms with Gasteiger partial charge in [0.25, 0.3) is 5.91 Å². The predicted octanol–water partition coefficient (Wildman–Crippen LogP) is 3.18. The first-order valence-corrected chi connectivity index (χ1v) is 9.74. The Morgan fingerprint density at radius 1 is 1.40 bits per heavy atom. The van der Waals surface area contributed by atoms with Crippen molar-refractivity contribution in [3.05, 3.63) is 46.4 Å². The Hall–Kier alpha value is -1.92. The summed E-state index contributed by atoms with van der Waals surface area (Å²) in [4.78, 5) is 18.9. The van der Waals surface area contributed by atoms with Gasteiger partial charge in [-0.05, 0) is 57.0 Å². The van der Waals surface area contributed by atoms with Gasteiger partial charge in [-0.1, -0.05) is 6.07 Å². The maximum atomic E-state index is 12.8. The number of amides is 1. The van der Waals surface area contributed by atoms with Crippen LogP contribution >= 0.6 is 11.3 Å². The minimum absolute atomic E-state index is 0.103. The van der Waals surface area contributed by atoms with Gasteiger partial charge in [0.15, 0.2) is 0 Å². The van der Waals surface area contributed by atoms with Crippen molar-refractivity contribution >= 4 is 17.2 Å². The number of carbonyl (C=O) groups excluding carboxylic acids is 1. The molecule has 3 rings (SSSR count). The first-order chi connectivity index (χ1) is 12.3. The van der Waals surface area contributed by atoms with Crippen LogP contribution in [0, 0.1) is 5.92 Å². The first-order valence-electron chi connectivity index (χ1n) is 8.80. The summed E-state index contributed by atoms with van der Waals surface area (Å²) >= 11 is 1.55. The molecule has 0 bridgehead atoms. The molecule has 0 radical (unpaired) electrons. The van der Waals surface area contributed by atoms with Crippen molar-refractivity contribution in [3.8, 4) is 5.75 Å². The molecule has 1 fully saturated rings. The van der Waals surface area contributed by atoms with Crippen molar-refractivity contribution in [3.63, 3.8) is 0 Å². The van der Waals surface area contributed by atoms with Gasteiger partial charge >= 0.3 is 0 Å². The van der Waals surface area contributed by atoms with E-state index < -0.39 is 0 Å². The number of hydrogen-bond acceptors (Lipinski definition) is 5. The second kappa shape index (κ2) is 8.97. The number of rotatable bonds is 7. The van der Waals surface area contributed by atoms with Gasteiger partial charge in [-0.15, -0.1) is 11.3 Å². The van der Waals surface area contributed by atoms with Crippen LogP contribution in [0.1, 0.15) is 35.3 Å². The first kappa shape index (κ1) is 17.9. The van der Waals surface area contributed by atoms with E-state index in [2.05, 4.69) is 10.3 Å². The zero-order valence-corrected chi connectivity index (χ0v) is 15.4. The minimum atomic E-state index is 0.103. The summed E-state index contributed by atoms with van der Waals surface area (Å²) in [7, 11) is 1.99. The van der Waals surface area contributed by atoms with Crippen molar-refractivity contribution in [1.82, 2.24) is 15.2 Å². The van der Waals surface area contributed by atoms with Crippen LogP contribution in [0.3, 0.4) is 0 Å². The molecule has 1 aromatic carbocycles. The number of ether oxygens (including phenoxy) is 1. The predicted molar refractivity (Wildman–Crippen MR) is 100 cm³/mol. The molecular weight excluding hydrogens is 334 g/mol. The molecule has 0 unspecified atom stereocenters. The summed E-state index contributed by atoms with van der Waals surface area (Å²) in [5.41, 5.74) is 3.40. The molecule has 0 aliphatic carbocycles. The van der Waals surface area contributed by atoms with E-state index in [-0.39, 0.29) is 5.91 Å². The van der Waals surface area contributed by atoms with Gasteiger partial charge in [-0.3, -0.25) is 4.79 Å². The number of thiazole rings is 1. The van der Waals surface area contributed by atoms with Gasteiger partial charge in [-0.2, -0.15) is 0 Å². The molecular formula is C19H25N3O2S. The standard InChI is InChI=1S/C19H25N3O2S/c1-20-8-5-15-6-9-22(10-7-15)19(23)16-3-2-4-18(11-16)24-12-17-13-25-14-21-17/h2-4,11,13-15,20H,5-10,12H2,1H3. The summed E-state index contributed by atoms with van der Waals surface area (Å²) in [6.07, 6.45) is 3.37. The zero-order chi connectivity index (χ0) is 17.5. The Bertz CT molecular complexity index is 667. The van der Waals surface area contributed by atoms with Crippen LogP contribution in [-0.4, -0.2) is 42.5 Å². The Kier molecular flexibility index (Phi) is 6.42. The van der Waals surface area contributed by atoms with Gasteiger partial charge in [0.1, 0.15) is 12.4 Å². The average molecular weight is 359 g/mol. The van der Waals surface area contributed by atoms with Crippen molar-refractivity contribution < 1.29 is 9.53 Å². The van der Waals surface area contributed by atoms with Crippen LogP contribution in [0.25, 0.3) is 0 Å². The SMILES string of the molecule is CNCCC1CCN(C(=O)c2cccc(OCc3cscn3)c2)CC1. The van der Waals surface area contributed by atoms with E-state index in [4.69, 9.17) is 4.74 Å². The monoisotopic (exact) mass is 359 g/mol. The van der Waals surface area contributed by atoms with Gasteiger partial charge in [0.05, 0.1) is 11.2 Å². The lowest BCUT2D eigenvalue weighted by Crippen LogP contribution is -2.38. The number of carbonyl (C=O) groups is 1. The topological polar surface area (TPSA) is 54.5 Å². The molecule has 25 heavy (non-hydrogen) atoms. The van der Waals surface area contributed by atoms with Crippen molar-refractivity contribution in [2.24, 2.45) is 5.92 Å². The lowest BCUT2D eigenvalue weighted by atomic mass is 9.93. The Morgan fingerprint density at radius 2 is 2.24 bits per heavy atom. The van der Waals surface area contributed by atoms with E-state index in [0.29, 0.717) is 17.9 Å². The van der Waals surface area contributed by atoms with Gasteiger partial charge in [-0.25, -0.2) is 4.98 Å². The molecule has 2 heterocycles. The van der Waals surface area contributed by atoms with Gasteiger partial charge in [0.2, 0.25) is 0 Å². The van der Waals surface area contributed by atoms with Crippen LogP contribution in [0.15, 0.2) is 35.2 Å². The highest BCUT2D eigenvalue weighted by molar-refractivity contribution is 7.07. The molecule has 2 aromatic rings. The number of hydrogen-bond donors (Lipinski definition) is 1. The number of nitrogens with one attached hydrogen (secondary N) is 1. The van der Waals surface area contributed by atoms with Crippen LogP contribution in [0.2, 0.25) is 0 Å². The lowest BCUT2D eigenvalue weighted by Gasteiger charge is -2.32. The normalized spacial score (nSPS) is 15.3. The maximum absolute atomic E-state index is 12.8. The molecule has 1 aliphatic rings. The highest BCUT2D eigenvalue weighted by Crippen LogP contribution is 2.23. The van der Waals surface area contributed by atoms with Crippen LogP contribution in [0.4, 0.5) is 0 Å². The van der Waals surface area contributed by atoms with Gasteiger partial charge < -0.3 is 15.0 Å². The third kappa shape index (κ3) is 5.03. The molecule has 0 saturated carbocycles. The Labute approximate surface area is 153 Å². The van der Waals surface area contributed by atoms with Crippen LogP contribution < -0.4 is 10.1 Å². The minimum Gasteiger partial charge on any atom is -0.487 e. The number of aromatic nitrogens is 1. The maximum Gasteiger partial charge on any atom is 0.253 e. The third-order valence-corrected chi connectivity index (χ3v) is 5.29. The molecule has 1 saturated heterocycles. The lowest BCUT2D eigenvalue weighted by molar-refractivity contribution is 0.0686. The summed E-state index contributed by atoms with van der Waals surface area (Å²) in [6, 6.07) is 7.46. The van der Waals surface area contributed by atoms with Crippen LogP contribution in [-0.2, 0) is 6.61 Å². The summed E-state index contributed by atoms with van der Waals surface area (Å²) in [6.45, 7) is 3.17. The zero-order valence-electron chi connectivity index (χ0n) is 14.6. The van der Waals surface area contributed by atoms with E-state index in [1.807, 2.05) is 41.6 Å². The number of benzene rings is 1. The molecule has 6 heteroatoms. The van der Waals surface area contributed by atoms with E-state index in [1.54, 1.807) is 16.8 Å². The number of likely N-dealkylation sites (tertiary alicyclic amines) is 1. The Morgan fingerprint density at radius 3 is 2.96 bits per heavy atom. The molecule has 1 aromatic heterocycles. The summed E-state index contributed by atoms with van der Waals surface area (Å²) in [5.74, 6) is 1.54. The molecule has 1 N–H and O–H groups in total. The molecule has 5 nitrogen and oxygen atoms in total. The smallest absolute Gasteiger partial charge is 0.253 e. The second-order valence-corrected chi connectivity index (χ2v) is 7.14. The van der Waals surface area contributed by atoms with E-state index >= 15 is 0 Å².